The number of halogens is 2. The van der Waals surface area contributed by atoms with Crippen LogP contribution < -0.4 is 9.47 Å². The van der Waals surface area contributed by atoms with Gasteiger partial charge in [-0.2, -0.15) is 4.39 Å². The highest BCUT2D eigenvalue weighted by molar-refractivity contribution is 7.91. The van der Waals surface area contributed by atoms with Gasteiger partial charge in [-0.3, -0.25) is 9.59 Å². The predicted octanol–water partition coefficient (Wildman–Crippen LogP) is 6.05. The van der Waals surface area contributed by atoms with Crippen LogP contribution in [0.4, 0.5) is 8.78 Å². The maximum Gasteiger partial charge on any atom is 0.323 e. The maximum atomic E-state index is 13.6. The van der Waals surface area contributed by atoms with Gasteiger partial charge in [-0.05, 0) is 54.7 Å². The number of hydrogen-bond acceptors (Lipinski definition) is 6. The van der Waals surface area contributed by atoms with Crippen molar-refractivity contribution in [3.63, 3.8) is 0 Å². The Balaban J connectivity index is 1.40. The summed E-state index contributed by atoms with van der Waals surface area (Å²) >= 11 is 0. The van der Waals surface area contributed by atoms with Crippen molar-refractivity contribution in [1.29, 1.82) is 0 Å². The lowest BCUT2D eigenvalue weighted by Gasteiger charge is -2.09. The largest absolute Gasteiger partial charge is 0.494 e. The summed E-state index contributed by atoms with van der Waals surface area (Å²) in [7, 11) is -3.87. The zero-order chi connectivity index (χ0) is 31.7. The van der Waals surface area contributed by atoms with Crippen molar-refractivity contribution in [3.8, 4) is 11.5 Å². The summed E-state index contributed by atoms with van der Waals surface area (Å²) in [6, 6.07) is 16.0. The van der Waals surface area contributed by atoms with E-state index in [2.05, 4.69) is 0 Å². The van der Waals surface area contributed by atoms with Crippen LogP contribution in [0.1, 0.15) is 36.8 Å². The second-order valence-electron chi connectivity index (χ2n) is 9.93. The molecule has 3 aromatic carbocycles. The van der Waals surface area contributed by atoms with Gasteiger partial charge in [0.1, 0.15) is 12.3 Å². The average Bonchev–Trinajstić information content (AvgIpc) is 3.35. The first-order valence-corrected chi connectivity index (χ1v) is 15.5. The van der Waals surface area contributed by atoms with E-state index in [-0.39, 0.29) is 35.8 Å². The molecule has 1 aromatic heterocycles. The molecule has 44 heavy (non-hydrogen) atoms. The molecule has 0 saturated carbocycles. The molecule has 0 fully saturated rings. The van der Waals surface area contributed by atoms with Crippen molar-refractivity contribution in [2.45, 2.75) is 37.1 Å². The van der Waals surface area contributed by atoms with Crippen LogP contribution in [0.15, 0.2) is 71.8 Å². The number of carboxylic acid groups (broad SMARTS) is 2. The summed E-state index contributed by atoms with van der Waals surface area (Å²) in [6.07, 6.45) is 5.73. The van der Waals surface area contributed by atoms with Gasteiger partial charge in [-0.15, -0.1) is 0 Å². The molecule has 9 nitrogen and oxygen atoms in total. The molecule has 1 heterocycles. The van der Waals surface area contributed by atoms with Gasteiger partial charge < -0.3 is 24.3 Å². The van der Waals surface area contributed by atoms with Crippen molar-refractivity contribution in [1.82, 2.24) is 4.57 Å². The predicted molar refractivity (Wildman–Crippen MR) is 160 cm³/mol. The van der Waals surface area contributed by atoms with Crippen LogP contribution in [0.5, 0.6) is 11.5 Å². The van der Waals surface area contributed by atoms with E-state index >= 15 is 0 Å². The number of sulfone groups is 1. The van der Waals surface area contributed by atoms with Crippen LogP contribution in [0.25, 0.3) is 23.1 Å². The maximum absolute atomic E-state index is 13.6. The number of rotatable bonds is 16. The minimum absolute atomic E-state index is 0.0384. The van der Waals surface area contributed by atoms with Gasteiger partial charge in [0.2, 0.25) is 5.82 Å². The van der Waals surface area contributed by atoms with E-state index in [4.69, 9.17) is 14.6 Å². The number of unbranched alkanes of at least 4 members (excludes halogenated alkanes) is 1. The van der Waals surface area contributed by atoms with Crippen LogP contribution in [0.2, 0.25) is 0 Å². The van der Waals surface area contributed by atoms with Crippen molar-refractivity contribution in [2.75, 3.05) is 19.0 Å². The summed E-state index contributed by atoms with van der Waals surface area (Å²) < 4.78 is 65.4. The fourth-order valence-corrected chi connectivity index (χ4v) is 6.10. The number of aromatic nitrogens is 1. The fourth-order valence-electron chi connectivity index (χ4n) is 4.57. The number of hydrogen-bond donors (Lipinski definition) is 2. The van der Waals surface area contributed by atoms with E-state index in [1.165, 1.54) is 22.9 Å². The van der Waals surface area contributed by atoms with Gasteiger partial charge in [0.15, 0.2) is 21.4 Å². The monoisotopic (exact) mass is 627 g/mol. The van der Waals surface area contributed by atoms with Crippen molar-refractivity contribution >= 4 is 44.8 Å². The first kappa shape index (κ1) is 32.2. The summed E-state index contributed by atoms with van der Waals surface area (Å²) in [5.74, 6) is -4.06. The molecule has 0 amide bonds. The van der Waals surface area contributed by atoms with Crippen LogP contribution in [-0.2, 0) is 26.0 Å². The molecule has 0 aliphatic rings. The zero-order valence-electron chi connectivity index (χ0n) is 23.6. The molecule has 12 heteroatoms. The number of carboxylic acids is 2. The first-order chi connectivity index (χ1) is 21.0. The smallest absolute Gasteiger partial charge is 0.323 e. The third-order valence-corrected chi connectivity index (χ3v) is 8.48. The molecule has 4 rings (SSSR count). The molecule has 0 aliphatic heterocycles. The Morgan fingerprint density at radius 2 is 1.55 bits per heavy atom. The quantitative estimate of drug-likeness (QED) is 0.113. The number of benzene rings is 3. The van der Waals surface area contributed by atoms with Gasteiger partial charge in [0, 0.05) is 18.0 Å². The number of para-hydroxylation sites is 1. The Hall–Kier alpha value is -4.71. The molecule has 232 valence electrons. The van der Waals surface area contributed by atoms with Crippen LogP contribution >= 0.6 is 0 Å². The second kappa shape index (κ2) is 14.6. The van der Waals surface area contributed by atoms with Gasteiger partial charge in [-0.25, -0.2) is 12.8 Å². The highest BCUT2D eigenvalue weighted by Gasteiger charge is 2.23. The molecule has 0 radical (unpaired) electrons. The first-order valence-electron chi connectivity index (χ1n) is 13.8. The minimum Gasteiger partial charge on any atom is -0.494 e. The van der Waals surface area contributed by atoms with E-state index in [0.717, 1.165) is 11.6 Å². The topological polar surface area (TPSA) is 132 Å². The summed E-state index contributed by atoms with van der Waals surface area (Å²) in [5, 5.41) is 18.7. The Morgan fingerprint density at radius 1 is 0.841 bits per heavy atom. The minimum atomic E-state index is -3.87. The Kier molecular flexibility index (Phi) is 10.7. The van der Waals surface area contributed by atoms with Gasteiger partial charge in [-0.1, -0.05) is 48.6 Å². The standard InChI is InChI=1S/C32H31F2NO8S/c33-26-8-4-9-27(31(26)34)43-18-2-1-17-42-24-15-12-22(13-16-24)11-14-23-6-3-7-25-28(20-35(32(23)25)21-30(38)39)44(40,41)19-5-10-29(36)37/h3-4,6-9,11-16,20H,1-2,5,10,17-19,21H2,(H,36,37)(H,38,39). The van der Waals surface area contributed by atoms with E-state index in [1.807, 2.05) is 12.1 Å². The van der Waals surface area contributed by atoms with Crippen LogP contribution in [0, 0.1) is 11.6 Å². The number of nitrogens with zero attached hydrogens (tertiary/aromatic N) is 1. The van der Waals surface area contributed by atoms with Gasteiger partial charge in [0.05, 0.1) is 29.4 Å². The van der Waals surface area contributed by atoms with E-state index < -0.39 is 40.0 Å². The van der Waals surface area contributed by atoms with Crippen LogP contribution in [0.3, 0.4) is 0 Å². The fraction of sp³-hybridized carbons (Fsp3) is 0.250. The lowest BCUT2D eigenvalue weighted by atomic mass is 10.1. The Morgan fingerprint density at radius 3 is 2.25 bits per heavy atom. The van der Waals surface area contributed by atoms with Crippen molar-refractivity contribution < 1.29 is 46.5 Å². The molecule has 4 aromatic rings. The highest BCUT2D eigenvalue weighted by Crippen LogP contribution is 2.31. The SMILES string of the molecule is O=C(O)CCCS(=O)(=O)c1cn(CC(=O)O)c2c(C=Cc3ccc(OCCCCOc4cccc(F)c4F)cc3)cccc12. The number of carbonyl (C=O) groups is 2. The lowest BCUT2D eigenvalue weighted by Crippen LogP contribution is -2.09. The van der Waals surface area contributed by atoms with Gasteiger partial charge in [0.25, 0.3) is 0 Å². The van der Waals surface area contributed by atoms with Gasteiger partial charge >= 0.3 is 11.9 Å². The summed E-state index contributed by atoms with van der Waals surface area (Å²) in [6.45, 7) is 0.161. The second-order valence-corrected chi connectivity index (χ2v) is 12.0. The number of fused-ring (bicyclic) bond motifs is 1. The Labute approximate surface area is 252 Å². The molecule has 0 bridgehead atoms. The third kappa shape index (κ3) is 8.44. The normalized spacial score (nSPS) is 11.7. The molecule has 0 unspecified atom stereocenters. The molecule has 2 N–H and O–H groups in total. The van der Waals surface area contributed by atoms with E-state index in [0.29, 0.717) is 41.7 Å². The number of ether oxygens (including phenoxy) is 2. The third-order valence-electron chi connectivity index (χ3n) is 6.65. The number of aliphatic carboxylic acids is 2. The highest BCUT2D eigenvalue weighted by atomic mass is 32.2. The molecule has 0 atom stereocenters. The average molecular weight is 628 g/mol. The van der Waals surface area contributed by atoms with Crippen LogP contribution in [-0.4, -0.2) is 54.1 Å². The van der Waals surface area contributed by atoms with Crippen molar-refractivity contribution in [3.05, 3.63) is 89.6 Å². The molecular formula is C32H31F2NO8S. The van der Waals surface area contributed by atoms with E-state index in [9.17, 15) is 31.9 Å². The van der Waals surface area contributed by atoms with Crippen molar-refractivity contribution in [2.24, 2.45) is 0 Å². The lowest BCUT2D eigenvalue weighted by molar-refractivity contribution is -0.138. The molecule has 0 spiro atoms. The molecule has 0 aliphatic carbocycles. The Bertz CT molecular complexity index is 1770. The summed E-state index contributed by atoms with van der Waals surface area (Å²) in [4.78, 5) is 22.4. The van der Waals surface area contributed by atoms with E-state index in [1.54, 1.807) is 42.5 Å². The molecule has 0 saturated heterocycles. The summed E-state index contributed by atoms with van der Waals surface area (Å²) in [5.41, 5.74) is 1.86. The zero-order valence-corrected chi connectivity index (χ0v) is 24.4. The molecular weight excluding hydrogens is 596 g/mol.